The van der Waals surface area contributed by atoms with E-state index in [1.807, 2.05) is 57.2 Å². The van der Waals surface area contributed by atoms with Gasteiger partial charge in [0.05, 0.1) is 11.7 Å². The molecule has 2 aromatic rings. The maximum atomic E-state index is 11.9. The van der Waals surface area contributed by atoms with E-state index in [2.05, 4.69) is 20.4 Å². The van der Waals surface area contributed by atoms with E-state index < -0.39 is 5.60 Å². The summed E-state index contributed by atoms with van der Waals surface area (Å²) in [6, 6.07) is 12.2. The smallest absolute Gasteiger partial charge is 0.407 e. The molecule has 2 N–H and O–H groups in total. The molecule has 24 heavy (non-hydrogen) atoms. The first-order chi connectivity index (χ1) is 11.4. The molecule has 1 aromatic carbocycles. The molecular weight excluding hydrogens is 304 g/mol. The van der Waals surface area contributed by atoms with Gasteiger partial charge in [-0.1, -0.05) is 30.3 Å². The summed E-state index contributed by atoms with van der Waals surface area (Å²) in [5.41, 5.74) is 1.63. The monoisotopic (exact) mass is 328 g/mol. The van der Waals surface area contributed by atoms with Crippen LogP contribution in [0.4, 0.5) is 10.6 Å². The van der Waals surface area contributed by atoms with Crippen molar-refractivity contribution >= 4 is 11.9 Å². The molecular formula is C18H24N4O2. The van der Waals surface area contributed by atoms with Crippen molar-refractivity contribution < 1.29 is 9.53 Å². The van der Waals surface area contributed by atoms with Crippen LogP contribution in [0.1, 0.15) is 27.2 Å². The van der Waals surface area contributed by atoms with Crippen molar-refractivity contribution in [1.29, 1.82) is 0 Å². The zero-order valence-corrected chi connectivity index (χ0v) is 14.4. The molecule has 1 amide bonds. The molecule has 0 spiro atoms. The Kier molecular flexibility index (Phi) is 4.46. The molecule has 6 heteroatoms. The molecule has 0 aliphatic carbocycles. The molecule has 1 saturated heterocycles. The summed E-state index contributed by atoms with van der Waals surface area (Å²) in [7, 11) is 0. The standard InChI is InChI=1S/C18H24N4O2/c1-18(2,3)24-17(23)19-14-9-10-22(12-14)16-11-15(20-21-16)13-7-5-4-6-8-13/h4-8,11,14H,9-10,12H2,1-3H3,(H,19,23)(H,20,21). The number of aromatic amines is 1. The number of rotatable bonds is 3. The largest absolute Gasteiger partial charge is 0.444 e. The highest BCUT2D eigenvalue weighted by Gasteiger charge is 2.27. The van der Waals surface area contributed by atoms with Crippen LogP contribution in [0, 0.1) is 0 Å². The number of ether oxygens (including phenoxy) is 1. The van der Waals surface area contributed by atoms with E-state index in [-0.39, 0.29) is 12.1 Å². The Hall–Kier alpha value is -2.50. The Morgan fingerprint density at radius 3 is 2.79 bits per heavy atom. The number of hydrogen-bond donors (Lipinski definition) is 2. The van der Waals surface area contributed by atoms with Crippen LogP contribution in [0.5, 0.6) is 0 Å². The number of aromatic nitrogens is 2. The van der Waals surface area contributed by atoms with E-state index in [0.29, 0.717) is 0 Å². The Bertz CT molecular complexity index is 691. The number of nitrogens with one attached hydrogen (secondary N) is 2. The first-order valence-electron chi connectivity index (χ1n) is 8.26. The molecule has 1 atom stereocenters. The lowest BCUT2D eigenvalue weighted by atomic mass is 10.1. The highest BCUT2D eigenvalue weighted by molar-refractivity contribution is 5.68. The lowest BCUT2D eigenvalue weighted by Gasteiger charge is -2.22. The Labute approximate surface area is 142 Å². The van der Waals surface area contributed by atoms with E-state index >= 15 is 0 Å². The third-order valence-corrected chi connectivity index (χ3v) is 3.88. The topological polar surface area (TPSA) is 70.2 Å². The van der Waals surface area contributed by atoms with Gasteiger partial charge in [0, 0.05) is 19.2 Å². The van der Waals surface area contributed by atoms with Crippen molar-refractivity contribution in [3.63, 3.8) is 0 Å². The summed E-state index contributed by atoms with van der Waals surface area (Å²) < 4.78 is 5.31. The third-order valence-electron chi connectivity index (χ3n) is 3.88. The fraction of sp³-hybridized carbons (Fsp3) is 0.444. The molecule has 6 nitrogen and oxygen atoms in total. The van der Waals surface area contributed by atoms with Gasteiger partial charge in [0.2, 0.25) is 0 Å². The van der Waals surface area contributed by atoms with Gasteiger partial charge >= 0.3 is 6.09 Å². The molecule has 1 aromatic heterocycles. The minimum atomic E-state index is -0.477. The molecule has 1 aliphatic rings. The summed E-state index contributed by atoms with van der Waals surface area (Å²) in [4.78, 5) is 14.0. The van der Waals surface area contributed by atoms with Gasteiger partial charge in [-0.25, -0.2) is 4.79 Å². The van der Waals surface area contributed by atoms with E-state index in [1.54, 1.807) is 0 Å². The average molecular weight is 328 g/mol. The number of amides is 1. The number of carbonyl (C=O) groups is 1. The second kappa shape index (κ2) is 6.55. The molecule has 0 bridgehead atoms. The van der Waals surface area contributed by atoms with Gasteiger partial charge in [-0.15, -0.1) is 0 Å². The lowest BCUT2D eigenvalue weighted by molar-refractivity contribution is 0.0509. The fourth-order valence-corrected chi connectivity index (χ4v) is 2.80. The quantitative estimate of drug-likeness (QED) is 0.908. The second-order valence-corrected chi connectivity index (χ2v) is 7.08. The van der Waals surface area contributed by atoms with Crippen molar-refractivity contribution in [3.05, 3.63) is 36.4 Å². The average Bonchev–Trinajstić information content (AvgIpc) is 3.15. The number of alkyl carbamates (subject to hydrolysis) is 1. The number of hydrogen-bond acceptors (Lipinski definition) is 4. The molecule has 128 valence electrons. The van der Waals surface area contributed by atoms with Crippen LogP contribution in [0.3, 0.4) is 0 Å². The van der Waals surface area contributed by atoms with Crippen LogP contribution in [0.2, 0.25) is 0 Å². The van der Waals surface area contributed by atoms with Gasteiger partial charge in [0.15, 0.2) is 5.82 Å². The predicted molar refractivity (Wildman–Crippen MR) is 94.0 cm³/mol. The van der Waals surface area contributed by atoms with Crippen molar-refractivity contribution in [2.75, 3.05) is 18.0 Å². The lowest BCUT2D eigenvalue weighted by Crippen LogP contribution is -2.40. The van der Waals surface area contributed by atoms with Gasteiger partial charge in [-0.05, 0) is 32.8 Å². The van der Waals surface area contributed by atoms with Gasteiger partial charge in [0.1, 0.15) is 5.60 Å². The first kappa shape index (κ1) is 16.4. The molecule has 1 aliphatic heterocycles. The van der Waals surface area contributed by atoms with Crippen LogP contribution >= 0.6 is 0 Å². The molecule has 1 unspecified atom stereocenters. The number of H-pyrrole nitrogens is 1. The number of benzene rings is 1. The van der Waals surface area contributed by atoms with Crippen molar-refractivity contribution in [1.82, 2.24) is 15.5 Å². The third kappa shape index (κ3) is 4.07. The minimum Gasteiger partial charge on any atom is -0.444 e. The van der Waals surface area contributed by atoms with E-state index in [0.717, 1.165) is 36.6 Å². The molecule has 0 saturated carbocycles. The van der Waals surface area contributed by atoms with Gasteiger partial charge in [-0.3, -0.25) is 5.10 Å². The summed E-state index contributed by atoms with van der Waals surface area (Å²) in [6.07, 6.45) is 0.522. The maximum absolute atomic E-state index is 11.9. The van der Waals surface area contributed by atoms with Crippen molar-refractivity contribution in [3.8, 4) is 11.3 Å². The Morgan fingerprint density at radius 1 is 1.33 bits per heavy atom. The zero-order valence-electron chi connectivity index (χ0n) is 14.4. The van der Waals surface area contributed by atoms with Crippen LogP contribution in [-0.4, -0.2) is 41.0 Å². The SMILES string of the molecule is CC(C)(C)OC(=O)NC1CCN(c2cc(-c3ccccc3)[nH]n2)C1. The van der Waals surface area contributed by atoms with Crippen molar-refractivity contribution in [2.24, 2.45) is 0 Å². The number of carbonyl (C=O) groups excluding carboxylic acids is 1. The first-order valence-corrected chi connectivity index (χ1v) is 8.26. The second-order valence-electron chi connectivity index (χ2n) is 7.08. The highest BCUT2D eigenvalue weighted by atomic mass is 16.6. The van der Waals surface area contributed by atoms with E-state index in [1.165, 1.54) is 0 Å². The summed E-state index contributed by atoms with van der Waals surface area (Å²) in [5, 5.41) is 10.4. The van der Waals surface area contributed by atoms with Crippen LogP contribution in [0.15, 0.2) is 36.4 Å². The van der Waals surface area contributed by atoms with Crippen molar-refractivity contribution in [2.45, 2.75) is 38.8 Å². The van der Waals surface area contributed by atoms with Gasteiger partial charge in [0.25, 0.3) is 0 Å². The Morgan fingerprint density at radius 2 is 2.08 bits per heavy atom. The van der Waals surface area contributed by atoms with Crippen LogP contribution in [-0.2, 0) is 4.74 Å². The number of nitrogens with zero attached hydrogens (tertiary/aromatic N) is 2. The van der Waals surface area contributed by atoms with Gasteiger partial charge in [-0.2, -0.15) is 5.10 Å². The summed E-state index contributed by atoms with van der Waals surface area (Å²) in [5.74, 6) is 0.905. The van der Waals surface area contributed by atoms with Crippen LogP contribution in [0.25, 0.3) is 11.3 Å². The molecule has 0 radical (unpaired) electrons. The molecule has 2 heterocycles. The van der Waals surface area contributed by atoms with Gasteiger partial charge < -0.3 is 15.0 Å². The van der Waals surface area contributed by atoms with E-state index in [9.17, 15) is 4.79 Å². The normalized spacial score (nSPS) is 17.8. The molecule has 1 fully saturated rings. The summed E-state index contributed by atoms with van der Waals surface area (Å²) >= 11 is 0. The molecule has 3 rings (SSSR count). The van der Waals surface area contributed by atoms with Crippen LogP contribution < -0.4 is 10.2 Å². The zero-order chi connectivity index (χ0) is 17.2. The fourth-order valence-electron chi connectivity index (χ4n) is 2.80. The van der Waals surface area contributed by atoms with E-state index in [4.69, 9.17) is 4.74 Å². The maximum Gasteiger partial charge on any atom is 0.407 e. The highest BCUT2D eigenvalue weighted by Crippen LogP contribution is 2.24. The predicted octanol–water partition coefficient (Wildman–Crippen LogP) is 3.18. The minimum absolute atomic E-state index is 0.0803. The summed E-state index contributed by atoms with van der Waals surface area (Å²) in [6.45, 7) is 7.19. The Balaban J connectivity index is 1.58. The number of anilines is 1.